The Morgan fingerprint density at radius 2 is 2.29 bits per heavy atom. The molecule has 100 valence electrons. The highest BCUT2D eigenvalue weighted by Gasteiger charge is 2.23. The van der Waals surface area contributed by atoms with Crippen LogP contribution in [-0.4, -0.2) is 35.8 Å². The van der Waals surface area contributed by atoms with Gasteiger partial charge in [0.1, 0.15) is 5.60 Å². The van der Waals surface area contributed by atoms with Gasteiger partial charge in [-0.1, -0.05) is 0 Å². The highest BCUT2D eigenvalue weighted by atomic mass is 32.2. The van der Waals surface area contributed by atoms with Crippen molar-refractivity contribution in [2.45, 2.75) is 45.3 Å². The Balaban J connectivity index is 2.32. The Kier molecular flexibility index (Phi) is 5.59. The molecule has 0 aromatic rings. The molecule has 0 aliphatic carbocycles. The lowest BCUT2D eigenvalue weighted by molar-refractivity contribution is 0.0500. The normalized spacial score (nSPS) is 22.2. The first kappa shape index (κ1) is 14.6. The van der Waals surface area contributed by atoms with E-state index >= 15 is 0 Å². The van der Waals surface area contributed by atoms with E-state index in [-0.39, 0.29) is 12.1 Å². The molecule has 0 bridgehead atoms. The molecule has 1 amide bonds. The molecule has 1 saturated heterocycles. The summed E-state index contributed by atoms with van der Waals surface area (Å²) < 4.78 is 5.22. The van der Waals surface area contributed by atoms with Gasteiger partial charge in [-0.3, -0.25) is 0 Å². The summed E-state index contributed by atoms with van der Waals surface area (Å²) in [6, 6.07) is 0.0357. The Morgan fingerprint density at radius 3 is 2.76 bits per heavy atom. The van der Waals surface area contributed by atoms with Gasteiger partial charge in [-0.25, -0.2) is 4.79 Å². The molecule has 4 nitrogen and oxygen atoms in total. The number of nitrogens with one attached hydrogen (secondary N) is 1. The zero-order chi connectivity index (χ0) is 12.9. The molecule has 0 saturated carbocycles. The van der Waals surface area contributed by atoms with E-state index < -0.39 is 5.60 Å². The lowest BCUT2D eigenvalue weighted by atomic mass is 9.99. The highest BCUT2D eigenvalue weighted by Crippen LogP contribution is 2.26. The van der Waals surface area contributed by atoms with E-state index in [1.165, 1.54) is 17.9 Å². The van der Waals surface area contributed by atoms with Gasteiger partial charge in [0.25, 0.3) is 0 Å². The largest absolute Gasteiger partial charge is 0.444 e. The average molecular weight is 260 g/mol. The summed E-state index contributed by atoms with van der Waals surface area (Å²) >= 11 is 1.98. The number of rotatable bonds is 4. The van der Waals surface area contributed by atoms with Crippen molar-refractivity contribution in [3.05, 3.63) is 0 Å². The second kappa shape index (κ2) is 6.50. The van der Waals surface area contributed by atoms with Crippen LogP contribution in [0.4, 0.5) is 4.79 Å². The molecule has 1 heterocycles. The number of hydrogen-bond donors (Lipinski definition) is 2. The number of amides is 1. The minimum absolute atomic E-state index is 0.0357. The van der Waals surface area contributed by atoms with Crippen molar-refractivity contribution in [2.75, 3.05) is 18.1 Å². The summed E-state index contributed by atoms with van der Waals surface area (Å²) in [6.07, 6.45) is 1.83. The maximum absolute atomic E-state index is 11.6. The van der Waals surface area contributed by atoms with Gasteiger partial charge in [-0.05, 0) is 51.0 Å². The maximum Gasteiger partial charge on any atom is 0.407 e. The van der Waals surface area contributed by atoms with E-state index in [0.717, 1.165) is 6.42 Å². The SMILES string of the molecule is CC(C)(C)OC(=O)NC(CN)CC1CCSC1. The zero-order valence-electron chi connectivity index (χ0n) is 11.0. The van der Waals surface area contributed by atoms with Gasteiger partial charge in [-0.2, -0.15) is 11.8 Å². The Bertz CT molecular complexity index is 247. The van der Waals surface area contributed by atoms with Crippen molar-refractivity contribution in [2.24, 2.45) is 11.7 Å². The maximum atomic E-state index is 11.6. The quantitative estimate of drug-likeness (QED) is 0.811. The third kappa shape index (κ3) is 6.17. The van der Waals surface area contributed by atoms with Crippen molar-refractivity contribution in [1.82, 2.24) is 5.32 Å². The Morgan fingerprint density at radius 1 is 1.59 bits per heavy atom. The van der Waals surface area contributed by atoms with Gasteiger partial charge < -0.3 is 15.8 Å². The van der Waals surface area contributed by atoms with E-state index in [0.29, 0.717) is 12.5 Å². The van der Waals surface area contributed by atoms with Crippen LogP contribution in [0.2, 0.25) is 0 Å². The number of hydrogen-bond acceptors (Lipinski definition) is 4. The fourth-order valence-electron chi connectivity index (χ4n) is 1.86. The topological polar surface area (TPSA) is 64.3 Å². The molecule has 0 radical (unpaired) electrons. The molecule has 1 rings (SSSR count). The van der Waals surface area contributed by atoms with Crippen LogP contribution in [0.1, 0.15) is 33.6 Å². The first-order valence-corrected chi connectivity index (χ1v) is 7.33. The number of carbonyl (C=O) groups is 1. The number of ether oxygens (including phenoxy) is 1. The predicted molar refractivity (Wildman–Crippen MR) is 72.3 cm³/mol. The Hall–Kier alpha value is -0.420. The van der Waals surface area contributed by atoms with Gasteiger partial charge in [0.15, 0.2) is 0 Å². The van der Waals surface area contributed by atoms with Crippen LogP contribution >= 0.6 is 11.8 Å². The number of carbonyl (C=O) groups excluding carboxylic acids is 1. The van der Waals surface area contributed by atoms with Gasteiger partial charge >= 0.3 is 6.09 Å². The van der Waals surface area contributed by atoms with Gasteiger partial charge in [0, 0.05) is 12.6 Å². The molecule has 3 N–H and O–H groups in total. The molecule has 2 unspecified atom stereocenters. The second-order valence-corrected chi connectivity index (χ2v) is 6.69. The summed E-state index contributed by atoms with van der Waals surface area (Å²) in [5.41, 5.74) is 5.23. The predicted octanol–water partition coefficient (Wildman–Crippen LogP) is 1.98. The van der Waals surface area contributed by atoms with Crippen LogP contribution in [0.15, 0.2) is 0 Å². The molecule has 1 aliphatic heterocycles. The smallest absolute Gasteiger partial charge is 0.407 e. The molecule has 0 aromatic carbocycles. The van der Waals surface area contributed by atoms with E-state index in [2.05, 4.69) is 5.32 Å². The summed E-state index contributed by atoms with van der Waals surface area (Å²) in [5, 5.41) is 2.85. The third-order valence-electron chi connectivity index (χ3n) is 2.65. The second-order valence-electron chi connectivity index (χ2n) is 5.54. The summed E-state index contributed by atoms with van der Waals surface area (Å²) in [7, 11) is 0. The molecule has 1 aliphatic rings. The van der Waals surface area contributed by atoms with Gasteiger partial charge in [-0.15, -0.1) is 0 Å². The van der Waals surface area contributed by atoms with Crippen molar-refractivity contribution in [1.29, 1.82) is 0 Å². The molecule has 1 fully saturated rings. The van der Waals surface area contributed by atoms with Crippen molar-refractivity contribution < 1.29 is 9.53 Å². The lowest BCUT2D eigenvalue weighted by Crippen LogP contribution is -2.43. The summed E-state index contributed by atoms with van der Waals surface area (Å²) in [6.45, 7) is 6.05. The van der Waals surface area contributed by atoms with E-state index in [1.807, 2.05) is 32.5 Å². The molecular weight excluding hydrogens is 236 g/mol. The van der Waals surface area contributed by atoms with E-state index in [4.69, 9.17) is 10.5 Å². The molecule has 17 heavy (non-hydrogen) atoms. The monoisotopic (exact) mass is 260 g/mol. The first-order chi connectivity index (χ1) is 7.90. The Labute approximate surface area is 108 Å². The molecule has 0 aromatic heterocycles. The van der Waals surface area contributed by atoms with Crippen LogP contribution in [-0.2, 0) is 4.74 Å². The van der Waals surface area contributed by atoms with Crippen molar-refractivity contribution in [3.8, 4) is 0 Å². The summed E-state index contributed by atoms with van der Waals surface area (Å²) in [5.74, 6) is 3.10. The van der Waals surface area contributed by atoms with Crippen LogP contribution in [0, 0.1) is 5.92 Å². The number of thioether (sulfide) groups is 1. The van der Waals surface area contributed by atoms with E-state index in [9.17, 15) is 4.79 Å². The number of alkyl carbamates (subject to hydrolysis) is 1. The number of nitrogens with two attached hydrogens (primary N) is 1. The molecule has 0 spiro atoms. The van der Waals surface area contributed by atoms with Crippen LogP contribution in [0.25, 0.3) is 0 Å². The molecule has 2 atom stereocenters. The van der Waals surface area contributed by atoms with Gasteiger partial charge in [0.2, 0.25) is 0 Å². The molecule has 5 heteroatoms. The van der Waals surface area contributed by atoms with Crippen LogP contribution < -0.4 is 11.1 Å². The van der Waals surface area contributed by atoms with Crippen molar-refractivity contribution in [3.63, 3.8) is 0 Å². The fraction of sp³-hybridized carbons (Fsp3) is 0.917. The summed E-state index contributed by atoms with van der Waals surface area (Å²) in [4.78, 5) is 11.6. The van der Waals surface area contributed by atoms with E-state index in [1.54, 1.807) is 0 Å². The minimum atomic E-state index is -0.452. The zero-order valence-corrected chi connectivity index (χ0v) is 11.8. The van der Waals surface area contributed by atoms with Crippen molar-refractivity contribution >= 4 is 17.9 Å². The van der Waals surface area contributed by atoms with Crippen LogP contribution in [0.5, 0.6) is 0 Å². The molecular formula is C12H24N2O2S. The van der Waals surface area contributed by atoms with Crippen LogP contribution in [0.3, 0.4) is 0 Å². The minimum Gasteiger partial charge on any atom is -0.444 e. The first-order valence-electron chi connectivity index (χ1n) is 6.18. The van der Waals surface area contributed by atoms with Gasteiger partial charge in [0.05, 0.1) is 0 Å². The standard InChI is InChI=1S/C12H24N2O2S/c1-12(2,3)16-11(15)14-10(7-13)6-9-4-5-17-8-9/h9-10H,4-8,13H2,1-3H3,(H,14,15). The average Bonchev–Trinajstić information content (AvgIpc) is 2.66. The lowest BCUT2D eigenvalue weighted by Gasteiger charge is -2.24. The highest BCUT2D eigenvalue weighted by molar-refractivity contribution is 7.99. The fourth-order valence-corrected chi connectivity index (χ4v) is 3.16. The third-order valence-corrected chi connectivity index (χ3v) is 3.88.